The lowest BCUT2D eigenvalue weighted by molar-refractivity contribution is -0.137. The number of carbonyl (C=O) groups excluding carboxylic acids is 2. The van der Waals surface area contributed by atoms with Crippen molar-refractivity contribution < 1.29 is 18.7 Å². The van der Waals surface area contributed by atoms with E-state index in [-0.39, 0.29) is 11.7 Å². The second-order valence-electron chi connectivity index (χ2n) is 10.3. The van der Waals surface area contributed by atoms with Gasteiger partial charge in [-0.25, -0.2) is 9.49 Å². The van der Waals surface area contributed by atoms with E-state index < -0.39 is 40.8 Å². The number of nitrogens with one attached hydrogen (secondary N) is 2. The Kier molecular flexibility index (Phi) is 7.81. The molecule has 1 aliphatic heterocycles. The number of aromatic amines is 1. The first-order valence-electron chi connectivity index (χ1n) is 12.6. The number of nitriles is 1. The number of benzene rings is 2. The van der Waals surface area contributed by atoms with Crippen LogP contribution in [0.1, 0.15) is 61.3 Å². The molecule has 39 heavy (non-hydrogen) atoms. The summed E-state index contributed by atoms with van der Waals surface area (Å²) in [6, 6.07) is 14.3. The summed E-state index contributed by atoms with van der Waals surface area (Å²) in [5, 5.41) is 18.7. The number of ether oxygens (including phenoxy) is 1. The van der Waals surface area contributed by atoms with Crippen LogP contribution in [-0.2, 0) is 4.79 Å². The number of amides is 2. The Bertz CT molecular complexity index is 1480. The van der Waals surface area contributed by atoms with Gasteiger partial charge in [-0.3, -0.25) is 14.4 Å². The van der Waals surface area contributed by atoms with Gasteiger partial charge in [-0.15, -0.1) is 0 Å². The Labute approximate surface area is 225 Å². The number of nitrogens with zero attached hydrogens (tertiary/aromatic N) is 3. The highest BCUT2D eigenvalue weighted by Gasteiger charge is 2.46. The molecule has 2 heterocycles. The van der Waals surface area contributed by atoms with Gasteiger partial charge in [0, 0.05) is 11.6 Å². The molecule has 10 heteroatoms. The molecule has 0 radical (unpaired) electrons. The van der Waals surface area contributed by atoms with E-state index in [0.717, 1.165) is 0 Å². The number of likely N-dealkylation sites (tertiary alicyclic amines) is 1. The van der Waals surface area contributed by atoms with Gasteiger partial charge >= 0.3 is 5.56 Å². The number of aromatic nitrogens is 2. The van der Waals surface area contributed by atoms with Crippen molar-refractivity contribution in [3.8, 4) is 17.6 Å². The lowest BCUT2D eigenvalue weighted by Gasteiger charge is -2.38. The third-order valence-corrected chi connectivity index (χ3v) is 6.95. The smallest absolute Gasteiger partial charge is 0.307 e. The molecular weight excluding hydrogens is 501 g/mol. The van der Waals surface area contributed by atoms with Crippen LogP contribution in [-0.4, -0.2) is 39.0 Å². The molecule has 0 saturated carbocycles. The van der Waals surface area contributed by atoms with Crippen LogP contribution in [0.2, 0.25) is 0 Å². The van der Waals surface area contributed by atoms with E-state index in [1.54, 1.807) is 56.9 Å². The van der Waals surface area contributed by atoms with Crippen molar-refractivity contribution in [3.63, 3.8) is 0 Å². The Balaban J connectivity index is 1.50. The average molecular weight is 532 g/mol. The van der Waals surface area contributed by atoms with Gasteiger partial charge < -0.3 is 15.0 Å². The number of halogens is 1. The average Bonchev–Trinajstić information content (AvgIpc) is 3.37. The molecule has 3 aromatic rings. The number of rotatable bonds is 7. The molecule has 1 saturated heterocycles. The standard InChI is InChI=1S/C29H30FN5O4/c1-17-14-24(27(37)34-33-17)39-22-10-8-19(9-11-22)26(36)32-18(2)28(38)35-23(20-6-5-7-21(30)15-20)12-13-25(35)29(3,4)16-31/h5-11,14-15,18,23,25H,12-13H2,1-4H3,(H,32,36)(H,34,37)/t18-,23+,25?/m1/s1. The molecule has 2 amide bonds. The van der Waals surface area contributed by atoms with Gasteiger partial charge in [0.15, 0.2) is 5.75 Å². The Hall–Kier alpha value is -4.52. The van der Waals surface area contributed by atoms with E-state index in [4.69, 9.17) is 4.74 Å². The highest BCUT2D eigenvalue weighted by atomic mass is 19.1. The largest absolute Gasteiger partial charge is 0.451 e. The predicted octanol–water partition coefficient (Wildman–Crippen LogP) is 4.41. The Morgan fingerprint density at radius 1 is 1.21 bits per heavy atom. The number of hydrogen-bond donors (Lipinski definition) is 2. The highest BCUT2D eigenvalue weighted by Crippen LogP contribution is 2.43. The molecule has 1 aromatic heterocycles. The van der Waals surface area contributed by atoms with E-state index >= 15 is 0 Å². The summed E-state index contributed by atoms with van der Waals surface area (Å²) in [6.07, 6.45) is 1.16. The van der Waals surface area contributed by atoms with Crippen molar-refractivity contribution in [1.82, 2.24) is 20.4 Å². The van der Waals surface area contributed by atoms with Crippen LogP contribution in [0.3, 0.4) is 0 Å². The first-order valence-corrected chi connectivity index (χ1v) is 12.6. The third kappa shape index (κ3) is 5.98. The zero-order valence-corrected chi connectivity index (χ0v) is 22.2. The molecule has 1 fully saturated rings. The minimum Gasteiger partial charge on any atom is -0.451 e. The zero-order valence-electron chi connectivity index (χ0n) is 22.2. The molecule has 0 bridgehead atoms. The molecule has 3 atom stereocenters. The Morgan fingerprint density at radius 2 is 1.92 bits per heavy atom. The molecule has 9 nitrogen and oxygen atoms in total. The summed E-state index contributed by atoms with van der Waals surface area (Å²) in [4.78, 5) is 40.2. The molecule has 0 aliphatic carbocycles. The first kappa shape index (κ1) is 27.5. The van der Waals surface area contributed by atoms with Crippen LogP contribution in [0, 0.1) is 29.5 Å². The number of H-pyrrole nitrogens is 1. The fourth-order valence-corrected chi connectivity index (χ4v) is 4.87. The SMILES string of the molecule is Cc1cc(Oc2ccc(C(=O)N[C@H](C)C(=O)N3C(C(C)(C)C#N)CC[C@H]3c3cccc(F)c3)cc2)c(=O)[nH]n1. The molecule has 1 unspecified atom stereocenters. The summed E-state index contributed by atoms with van der Waals surface area (Å²) in [5.41, 5.74) is 0.200. The fourth-order valence-electron chi connectivity index (χ4n) is 4.87. The van der Waals surface area contributed by atoms with Crippen molar-refractivity contribution >= 4 is 11.8 Å². The summed E-state index contributed by atoms with van der Waals surface area (Å²) < 4.78 is 19.6. The van der Waals surface area contributed by atoms with Gasteiger partial charge in [-0.05, 0) is 82.5 Å². The van der Waals surface area contributed by atoms with Crippen LogP contribution in [0.25, 0.3) is 0 Å². The van der Waals surface area contributed by atoms with E-state index in [1.165, 1.54) is 30.3 Å². The summed E-state index contributed by atoms with van der Waals surface area (Å²) in [5.74, 6) is -0.802. The van der Waals surface area contributed by atoms with E-state index in [9.17, 15) is 24.0 Å². The monoisotopic (exact) mass is 531 g/mol. The maximum atomic E-state index is 14.0. The third-order valence-electron chi connectivity index (χ3n) is 6.95. The van der Waals surface area contributed by atoms with Crippen LogP contribution in [0.15, 0.2) is 59.4 Å². The van der Waals surface area contributed by atoms with E-state index in [0.29, 0.717) is 35.4 Å². The van der Waals surface area contributed by atoms with Crippen molar-refractivity contribution in [1.29, 1.82) is 5.26 Å². The van der Waals surface area contributed by atoms with Crippen molar-refractivity contribution in [2.24, 2.45) is 5.41 Å². The molecule has 202 valence electrons. The topological polar surface area (TPSA) is 128 Å². The second-order valence-corrected chi connectivity index (χ2v) is 10.3. The molecule has 2 aromatic carbocycles. The van der Waals surface area contributed by atoms with Gasteiger partial charge in [0.25, 0.3) is 5.91 Å². The maximum Gasteiger partial charge on any atom is 0.307 e. The molecule has 4 rings (SSSR count). The Morgan fingerprint density at radius 3 is 2.59 bits per heavy atom. The predicted molar refractivity (Wildman–Crippen MR) is 141 cm³/mol. The fraction of sp³-hybridized carbons (Fsp3) is 0.345. The lowest BCUT2D eigenvalue weighted by Crippen LogP contribution is -2.52. The van der Waals surface area contributed by atoms with Crippen molar-refractivity contribution in [3.05, 3.63) is 87.6 Å². The zero-order chi connectivity index (χ0) is 28.3. The van der Waals surface area contributed by atoms with Gasteiger partial charge in [0.1, 0.15) is 17.6 Å². The normalized spacial score (nSPS) is 17.8. The van der Waals surface area contributed by atoms with Gasteiger partial charge in [0.05, 0.1) is 29.3 Å². The lowest BCUT2D eigenvalue weighted by atomic mass is 9.84. The molecule has 2 N–H and O–H groups in total. The van der Waals surface area contributed by atoms with Gasteiger partial charge in [-0.2, -0.15) is 10.4 Å². The van der Waals surface area contributed by atoms with Crippen LogP contribution >= 0.6 is 0 Å². The van der Waals surface area contributed by atoms with Crippen LogP contribution in [0.5, 0.6) is 11.5 Å². The summed E-state index contributed by atoms with van der Waals surface area (Å²) in [6.45, 7) is 6.86. The minimum absolute atomic E-state index is 0.0761. The minimum atomic E-state index is -0.905. The quantitative estimate of drug-likeness (QED) is 0.465. The number of carbonyl (C=O) groups is 2. The maximum absolute atomic E-state index is 14.0. The van der Waals surface area contributed by atoms with Crippen molar-refractivity contribution in [2.75, 3.05) is 0 Å². The number of hydrogen-bond acceptors (Lipinski definition) is 6. The first-order chi connectivity index (χ1) is 18.5. The molecular formula is C29H30FN5O4. The molecule has 0 spiro atoms. The van der Waals surface area contributed by atoms with E-state index in [1.807, 2.05) is 0 Å². The second kappa shape index (κ2) is 11.1. The summed E-state index contributed by atoms with van der Waals surface area (Å²) in [7, 11) is 0. The number of aryl methyl sites for hydroxylation is 1. The summed E-state index contributed by atoms with van der Waals surface area (Å²) >= 11 is 0. The van der Waals surface area contributed by atoms with Crippen LogP contribution in [0.4, 0.5) is 4.39 Å². The van der Waals surface area contributed by atoms with Gasteiger partial charge in [0.2, 0.25) is 5.91 Å². The van der Waals surface area contributed by atoms with Crippen molar-refractivity contribution in [2.45, 2.75) is 58.7 Å². The van der Waals surface area contributed by atoms with Crippen LogP contribution < -0.4 is 15.6 Å². The molecule has 1 aliphatic rings. The van der Waals surface area contributed by atoms with Gasteiger partial charge in [-0.1, -0.05) is 12.1 Å². The highest BCUT2D eigenvalue weighted by molar-refractivity contribution is 5.97. The van der Waals surface area contributed by atoms with E-state index in [2.05, 4.69) is 21.6 Å².